The van der Waals surface area contributed by atoms with Gasteiger partial charge in [-0.3, -0.25) is 19.7 Å². The molecule has 2 aliphatic rings. The van der Waals surface area contributed by atoms with Crippen molar-refractivity contribution in [3.05, 3.63) is 29.8 Å². The predicted molar refractivity (Wildman–Crippen MR) is 90.0 cm³/mol. The third-order valence-corrected chi connectivity index (χ3v) is 4.95. The van der Waals surface area contributed by atoms with Crippen LogP contribution in [-0.4, -0.2) is 23.8 Å². The molecule has 2 fully saturated rings. The zero-order chi connectivity index (χ0) is 17.1. The number of hydrogen-bond acceptors (Lipinski definition) is 4. The third-order valence-electron chi connectivity index (χ3n) is 4.95. The molecule has 1 aliphatic heterocycles. The Morgan fingerprint density at radius 1 is 1.21 bits per heavy atom. The first kappa shape index (κ1) is 16.6. The van der Waals surface area contributed by atoms with Crippen LogP contribution in [-0.2, 0) is 20.8 Å². The average Bonchev–Trinajstić information content (AvgIpc) is 3.07. The van der Waals surface area contributed by atoms with Crippen LogP contribution in [0.5, 0.6) is 0 Å². The van der Waals surface area contributed by atoms with Crippen molar-refractivity contribution in [1.82, 2.24) is 5.32 Å². The summed E-state index contributed by atoms with van der Waals surface area (Å²) in [6.07, 6.45) is 4.37. The summed E-state index contributed by atoms with van der Waals surface area (Å²) in [5, 5.41) is 5.22. The summed E-state index contributed by atoms with van der Waals surface area (Å²) < 4.78 is 0. The summed E-state index contributed by atoms with van der Waals surface area (Å²) in [5.41, 5.74) is 7.71. The van der Waals surface area contributed by atoms with Gasteiger partial charge in [-0.15, -0.1) is 0 Å². The highest BCUT2D eigenvalue weighted by atomic mass is 16.2. The van der Waals surface area contributed by atoms with Crippen LogP contribution in [0.2, 0.25) is 0 Å². The molecule has 0 radical (unpaired) electrons. The van der Waals surface area contributed by atoms with Gasteiger partial charge in [-0.05, 0) is 42.9 Å². The van der Waals surface area contributed by atoms with Crippen molar-refractivity contribution in [1.29, 1.82) is 0 Å². The maximum absolute atomic E-state index is 12.1. The monoisotopic (exact) mass is 329 g/mol. The van der Waals surface area contributed by atoms with Crippen molar-refractivity contribution in [2.24, 2.45) is 17.6 Å². The lowest BCUT2D eigenvalue weighted by molar-refractivity contribution is -0.125. The number of nitrogens with one attached hydrogen (secondary N) is 2. The van der Waals surface area contributed by atoms with Crippen molar-refractivity contribution in [3.63, 3.8) is 0 Å². The number of amides is 3. The molecule has 6 nitrogen and oxygen atoms in total. The highest BCUT2D eigenvalue weighted by Crippen LogP contribution is 2.27. The number of benzene rings is 1. The second kappa shape index (κ2) is 7.13. The molecule has 0 aromatic heterocycles. The SMILES string of the molecule is N[C@@H]1CCC[C@H]1CC(=O)Nc1ccc(CC2CC(=O)NC2=O)cc1. The Bertz CT molecular complexity index is 641. The molecule has 3 rings (SSSR count). The Kier molecular flexibility index (Phi) is 4.94. The largest absolute Gasteiger partial charge is 0.327 e. The molecule has 6 heteroatoms. The van der Waals surface area contributed by atoms with Crippen LogP contribution in [0.3, 0.4) is 0 Å². The number of rotatable bonds is 5. The lowest BCUT2D eigenvalue weighted by Crippen LogP contribution is -2.28. The van der Waals surface area contributed by atoms with Crippen molar-refractivity contribution in [3.8, 4) is 0 Å². The van der Waals surface area contributed by atoms with Gasteiger partial charge in [0.15, 0.2) is 0 Å². The van der Waals surface area contributed by atoms with Crippen molar-refractivity contribution in [2.45, 2.75) is 44.6 Å². The maximum Gasteiger partial charge on any atom is 0.230 e. The van der Waals surface area contributed by atoms with Crippen LogP contribution in [0.25, 0.3) is 0 Å². The van der Waals surface area contributed by atoms with Gasteiger partial charge in [-0.1, -0.05) is 18.6 Å². The number of imide groups is 1. The fourth-order valence-corrected chi connectivity index (χ4v) is 3.55. The lowest BCUT2D eigenvalue weighted by Gasteiger charge is -2.15. The van der Waals surface area contributed by atoms with Gasteiger partial charge < -0.3 is 11.1 Å². The van der Waals surface area contributed by atoms with Gasteiger partial charge in [-0.2, -0.15) is 0 Å². The summed E-state index contributed by atoms with van der Waals surface area (Å²) in [5.74, 6) is -0.431. The lowest BCUT2D eigenvalue weighted by atomic mass is 9.97. The minimum absolute atomic E-state index is 0.00846. The summed E-state index contributed by atoms with van der Waals surface area (Å²) in [6.45, 7) is 0. The molecule has 1 saturated heterocycles. The van der Waals surface area contributed by atoms with Gasteiger partial charge in [-0.25, -0.2) is 0 Å². The van der Waals surface area contributed by atoms with E-state index in [0.717, 1.165) is 30.5 Å². The Balaban J connectivity index is 1.51. The number of hydrogen-bond donors (Lipinski definition) is 3. The van der Waals surface area contributed by atoms with Crippen LogP contribution in [0.1, 0.15) is 37.7 Å². The standard InChI is InChI=1S/C18H23N3O3/c19-15-3-1-2-12(15)9-16(22)20-14-6-4-11(5-7-14)8-13-10-17(23)21-18(13)24/h4-7,12-13,15H,1-3,8-10,19H2,(H,20,22)(H,21,23,24)/t12-,13?,15+/m0/s1. The Morgan fingerprint density at radius 2 is 1.96 bits per heavy atom. The van der Waals surface area contributed by atoms with E-state index in [4.69, 9.17) is 5.73 Å². The van der Waals surface area contributed by atoms with E-state index in [-0.39, 0.29) is 42.0 Å². The van der Waals surface area contributed by atoms with Crippen molar-refractivity contribution >= 4 is 23.4 Å². The van der Waals surface area contributed by atoms with E-state index in [1.807, 2.05) is 24.3 Å². The van der Waals surface area contributed by atoms with Gasteiger partial charge in [0.2, 0.25) is 17.7 Å². The van der Waals surface area contributed by atoms with E-state index in [1.165, 1.54) is 0 Å². The Morgan fingerprint density at radius 3 is 2.54 bits per heavy atom. The van der Waals surface area contributed by atoms with Crippen LogP contribution in [0.4, 0.5) is 5.69 Å². The quantitative estimate of drug-likeness (QED) is 0.710. The van der Waals surface area contributed by atoms with E-state index in [1.54, 1.807) is 0 Å². The topological polar surface area (TPSA) is 101 Å². The number of carbonyl (C=O) groups is 3. The minimum atomic E-state index is -0.290. The second-order valence-corrected chi connectivity index (χ2v) is 6.82. The molecule has 1 unspecified atom stereocenters. The predicted octanol–water partition coefficient (Wildman–Crippen LogP) is 1.35. The van der Waals surface area contributed by atoms with Gasteiger partial charge >= 0.3 is 0 Å². The first-order valence-electron chi connectivity index (χ1n) is 8.49. The molecule has 1 saturated carbocycles. The molecule has 1 aromatic rings. The zero-order valence-electron chi connectivity index (χ0n) is 13.6. The summed E-state index contributed by atoms with van der Waals surface area (Å²) in [4.78, 5) is 34.9. The molecule has 128 valence electrons. The zero-order valence-corrected chi connectivity index (χ0v) is 13.6. The van der Waals surface area contributed by atoms with E-state index in [0.29, 0.717) is 12.8 Å². The molecule has 1 aliphatic carbocycles. The summed E-state index contributed by atoms with van der Waals surface area (Å²) in [7, 11) is 0. The maximum atomic E-state index is 12.1. The average molecular weight is 329 g/mol. The molecule has 4 N–H and O–H groups in total. The highest BCUT2D eigenvalue weighted by molar-refractivity contribution is 6.03. The molecule has 1 aromatic carbocycles. The fraction of sp³-hybridized carbons (Fsp3) is 0.500. The van der Waals surface area contributed by atoms with Crippen LogP contribution in [0, 0.1) is 11.8 Å². The third kappa shape index (κ3) is 4.00. The van der Waals surface area contributed by atoms with Crippen molar-refractivity contribution in [2.75, 3.05) is 5.32 Å². The molecule has 24 heavy (non-hydrogen) atoms. The molecule has 0 spiro atoms. The van der Waals surface area contributed by atoms with Gasteiger partial charge in [0.05, 0.1) is 5.92 Å². The van der Waals surface area contributed by atoms with E-state index in [9.17, 15) is 14.4 Å². The first-order chi connectivity index (χ1) is 11.5. The van der Waals surface area contributed by atoms with Gasteiger partial charge in [0, 0.05) is 24.6 Å². The van der Waals surface area contributed by atoms with E-state index in [2.05, 4.69) is 10.6 Å². The fourth-order valence-electron chi connectivity index (χ4n) is 3.55. The summed E-state index contributed by atoms with van der Waals surface area (Å²) >= 11 is 0. The number of anilines is 1. The Hall–Kier alpha value is -2.21. The molecule has 3 atom stereocenters. The smallest absolute Gasteiger partial charge is 0.230 e. The molecular formula is C18H23N3O3. The van der Waals surface area contributed by atoms with Gasteiger partial charge in [0.25, 0.3) is 0 Å². The molecular weight excluding hydrogens is 306 g/mol. The van der Waals surface area contributed by atoms with Crippen LogP contribution < -0.4 is 16.4 Å². The molecule has 1 heterocycles. The van der Waals surface area contributed by atoms with Crippen molar-refractivity contribution < 1.29 is 14.4 Å². The normalized spacial score (nSPS) is 26.5. The summed E-state index contributed by atoms with van der Waals surface area (Å²) in [6, 6.07) is 7.56. The minimum Gasteiger partial charge on any atom is -0.327 e. The number of nitrogens with two attached hydrogens (primary N) is 1. The van der Waals surface area contributed by atoms with E-state index >= 15 is 0 Å². The molecule has 0 bridgehead atoms. The first-order valence-corrected chi connectivity index (χ1v) is 8.49. The second-order valence-electron chi connectivity index (χ2n) is 6.82. The highest BCUT2D eigenvalue weighted by Gasteiger charge is 2.30. The van der Waals surface area contributed by atoms with E-state index < -0.39 is 0 Å². The van der Waals surface area contributed by atoms with Gasteiger partial charge in [0.1, 0.15) is 0 Å². The Labute approximate surface area is 141 Å². The van der Waals surface area contributed by atoms with Crippen LogP contribution in [0.15, 0.2) is 24.3 Å². The molecule has 3 amide bonds. The number of carbonyl (C=O) groups excluding carboxylic acids is 3. The van der Waals surface area contributed by atoms with Crippen LogP contribution >= 0.6 is 0 Å².